The molecule has 0 bridgehead atoms. The molecule has 3 aromatic carbocycles. The first kappa shape index (κ1) is 18.7. The zero-order valence-corrected chi connectivity index (χ0v) is 15.8. The molecule has 3 nitrogen and oxygen atoms in total. The number of hydrogen-bond donors (Lipinski definition) is 1. The molecule has 1 N–H and O–H groups in total. The van der Waals surface area contributed by atoms with E-state index in [0.717, 1.165) is 11.3 Å². The van der Waals surface area contributed by atoms with E-state index in [4.69, 9.17) is 4.74 Å². The van der Waals surface area contributed by atoms with Crippen LogP contribution in [-0.4, -0.2) is 19.6 Å². The molecule has 0 aliphatic rings. The van der Waals surface area contributed by atoms with Gasteiger partial charge in [-0.15, -0.1) is 0 Å². The summed E-state index contributed by atoms with van der Waals surface area (Å²) in [4.78, 5) is 12.6. The Labute approximate surface area is 161 Å². The van der Waals surface area contributed by atoms with Crippen LogP contribution in [0.25, 0.3) is 0 Å². The van der Waals surface area contributed by atoms with E-state index in [1.807, 2.05) is 60.7 Å². The van der Waals surface area contributed by atoms with Crippen molar-refractivity contribution in [3.05, 3.63) is 102 Å². The molecule has 0 spiro atoms. The molecule has 3 aromatic rings. The molecule has 138 valence electrons. The third-order valence-electron chi connectivity index (χ3n) is 5.00. The van der Waals surface area contributed by atoms with Crippen LogP contribution < -0.4 is 10.1 Å². The van der Waals surface area contributed by atoms with Crippen molar-refractivity contribution >= 4 is 5.91 Å². The number of ether oxygens (including phenoxy) is 1. The molecule has 0 saturated heterocycles. The van der Waals surface area contributed by atoms with Crippen molar-refractivity contribution in [2.45, 2.75) is 18.8 Å². The second-order valence-corrected chi connectivity index (χ2v) is 6.83. The summed E-state index contributed by atoms with van der Waals surface area (Å²) in [5, 5.41) is 3.13. The van der Waals surface area contributed by atoms with Gasteiger partial charge in [0.15, 0.2) is 0 Å². The monoisotopic (exact) mass is 359 g/mol. The molecule has 0 aliphatic heterocycles. The molecular weight excluding hydrogens is 334 g/mol. The molecule has 0 heterocycles. The van der Waals surface area contributed by atoms with Gasteiger partial charge in [-0.1, -0.05) is 78.9 Å². The minimum absolute atomic E-state index is 0.0161. The van der Waals surface area contributed by atoms with E-state index in [1.165, 1.54) is 11.1 Å². The van der Waals surface area contributed by atoms with Crippen LogP contribution in [-0.2, 0) is 16.6 Å². The Bertz CT molecular complexity index is 836. The number of nitrogens with one attached hydrogen (secondary N) is 1. The molecule has 0 aromatic heterocycles. The number of rotatable bonds is 7. The summed E-state index contributed by atoms with van der Waals surface area (Å²) in [5.41, 5.74) is 2.93. The topological polar surface area (TPSA) is 38.3 Å². The summed E-state index contributed by atoms with van der Waals surface area (Å²) in [7, 11) is 1.62. The van der Waals surface area contributed by atoms with Gasteiger partial charge >= 0.3 is 0 Å². The van der Waals surface area contributed by atoms with E-state index in [2.05, 4.69) is 36.5 Å². The molecule has 0 unspecified atom stereocenters. The molecule has 0 aliphatic carbocycles. The highest BCUT2D eigenvalue weighted by molar-refractivity contribution is 5.79. The van der Waals surface area contributed by atoms with Crippen molar-refractivity contribution in [2.75, 3.05) is 13.7 Å². The average Bonchev–Trinajstić information content (AvgIpc) is 2.73. The van der Waals surface area contributed by atoms with Gasteiger partial charge in [-0.25, -0.2) is 0 Å². The Kier molecular flexibility index (Phi) is 5.92. The van der Waals surface area contributed by atoms with E-state index < -0.39 is 0 Å². The first-order valence-electron chi connectivity index (χ1n) is 9.13. The van der Waals surface area contributed by atoms with E-state index in [-0.39, 0.29) is 11.3 Å². The van der Waals surface area contributed by atoms with Gasteiger partial charge in [0, 0.05) is 17.5 Å². The van der Waals surface area contributed by atoms with Crippen LogP contribution in [0.15, 0.2) is 84.9 Å². The molecule has 3 rings (SSSR count). The van der Waals surface area contributed by atoms with Crippen molar-refractivity contribution in [3.63, 3.8) is 0 Å². The second kappa shape index (κ2) is 8.54. The minimum Gasteiger partial charge on any atom is -0.496 e. The lowest BCUT2D eigenvalue weighted by molar-refractivity contribution is -0.120. The van der Waals surface area contributed by atoms with E-state index >= 15 is 0 Å². The van der Waals surface area contributed by atoms with Crippen molar-refractivity contribution < 1.29 is 9.53 Å². The zero-order valence-electron chi connectivity index (χ0n) is 15.8. The Morgan fingerprint density at radius 3 is 1.93 bits per heavy atom. The van der Waals surface area contributed by atoms with Crippen molar-refractivity contribution in [3.8, 4) is 5.75 Å². The summed E-state index contributed by atoms with van der Waals surface area (Å²) < 4.78 is 5.35. The number of amides is 1. The standard InChI is InChI=1S/C24H25NO2/c1-24(20-12-5-3-6-13-20,21-14-7-4-8-15-21)18-25-23(26)17-19-11-9-10-16-22(19)27-2/h3-16H,17-18H2,1-2H3,(H,25,26). The van der Waals surface area contributed by atoms with Crippen molar-refractivity contribution in [2.24, 2.45) is 0 Å². The van der Waals surface area contributed by atoms with Gasteiger partial charge in [0.05, 0.1) is 13.5 Å². The van der Waals surface area contributed by atoms with Gasteiger partial charge in [-0.05, 0) is 24.1 Å². The number of benzene rings is 3. The molecule has 3 heteroatoms. The number of methoxy groups -OCH3 is 1. The Morgan fingerprint density at radius 1 is 0.852 bits per heavy atom. The highest BCUT2D eigenvalue weighted by Crippen LogP contribution is 2.31. The highest BCUT2D eigenvalue weighted by atomic mass is 16.5. The molecule has 0 saturated carbocycles. The summed E-state index contributed by atoms with van der Waals surface area (Å²) >= 11 is 0. The van der Waals surface area contributed by atoms with Gasteiger partial charge in [0.1, 0.15) is 5.75 Å². The van der Waals surface area contributed by atoms with Crippen LogP contribution in [0.1, 0.15) is 23.6 Å². The second-order valence-electron chi connectivity index (χ2n) is 6.83. The normalized spacial score (nSPS) is 11.0. The fourth-order valence-corrected chi connectivity index (χ4v) is 3.34. The van der Waals surface area contributed by atoms with E-state index in [0.29, 0.717) is 13.0 Å². The minimum atomic E-state index is -0.307. The van der Waals surface area contributed by atoms with Crippen LogP contribution in [0.5, 0.6) is 5.75 Å². The number of para-hydroxylation sites is 1. The molecule has 0 fully saturated rings. The SMILES string of the molecule is COc1ccccc1CC(=O)NCC(C)(c1ccccc1)c1ccccc1. The van der Waals surface area contributed by atoms with Gasteiger partial charge in [-0.3, -0.25) is 4.79 Å². The number of hydrogen-bond acceptors (Lipinski definition) is 2. The van der Waals surface area contributed by atoms with Crippen LogP contribution in [0.4, 0.5) is 0 Å². The Morgan fingerprint density at radius 2 is 1.37 bits per heavy atom. The number of carbonyl (C=O) groups is 1. The zero-order chi connectivity index (χ0) is 19.1. The smallest absolute Gasteiger partial charge is 0.224 e. The van der Waals surface area contributed by atoms with Gasteiger partial charge in [0.2, 0.25) is 5.91 Å². The molecule has 1 amide bonds. The largest absolute Gasteiger partial charge is 0.496 e. The molecule has 0 radical (unpaired) electrons. The molecule has 0 atom stereocenters. The van der Waals surface area contributed by atoms with Crippen LogP contribution in [0.2, 0.25) is 0 Å². The summed E-state index contributed by atoms with van der Waals surface area (Å²) in [6.45, 7) is 2.69. The summed E-state index contributed by atoms with van der Waals surface area (Å²) in [6.07, 6.45) is 0.295. The predicted octanol–water partition coefficient (Wildman–Crippen LogP) is 4.36. The fourth-order valence-electron chi connectivity index (χ4n) is 3.34. The van der Waals surface area contributed by atoms with Crippen molar-refractivity contribution in [1.29, 1.82) is 0 Å². The quantitative estimate of drug-likeness (QED) is 0.681. The average molecular weight is 359 g/mol. The maximum Gasteiger partial charge on any atom is 0.224 e. The predicted molar refractivity (Wildman–Crippen MR) is 109 cm³/mol. The number of carbonyl (C=O) groups excluding carboxylic acids is 1. The van der Waals surface area contributed by atoms with E-state index in [9.17, 15) is 4.79 Å². The van der Waals surface area contributed by atoms with Crippen molar-refractivity contribution in [1.82, 2.24) is 5.32 Å². The van der Waals surface area contributed by atoms with Crippen LogP contribution in [0, 0.1) is 0 Å². The maximum atomic E-state index is 12.6. The lowest BCUT2D eigenvalue weighted by Crippen LogP contribution is -2.40. The molecular formula is C24H25NO2. The molecule has 27 heavy (non-hydrogen) atoms. The van der Waals surface area contributed by atoms with Crippen LogP contribution >= 0.6 is 0 Å². The van der Waals surface area contributed by atoms with E-state index in [1.54, 1.807) is 7.11 Å². The Hall–Kier alpha value is -3.07. The summed E-state index contributed by atoms with van der Waals surface area (Å²) in [6, 6.07) is 28.2. The first-order chi connectivity index (χ1) is 13.1. The lowest BCUT2D eigenvalue weighted by Gasteiger charge is -2.31. The third-order valence-corrected chi connectivity index (χ3v) is 5.00. The van der Waals surface area contributed by atoms with Gasteiger partial charge in [0.25, 0.3) is 0 Å². The van der Waals surface area contributed by atoms with Gasteiger partial charge in [-0.2, -0.15) is 0 Å². The van der Waals surface area contributed by atoms with Gasteiger partial charge < -0.3 is 10.1 Å². The summed E-state index contributed by atoms with van der Waals surface area (Å²) in [5.74, 6) is 0.721. The maximum absolute atomic E-state index is 12.6. The fraction of sp³-hybridized carbons (Fsp3) is 0.208. The highest BCUT2D eigenvalue weighted by Gasteiger charge is 2.29. The lowest BCUT2D eigenvalue weighted by atomic mass is 9.76. The Balaban J connectivity index is 1.78. The van der Waals surface area contributed by atoms with Crippen LogP contribution in [0.3, 0.4) is 0 Å². The third kappa shape index (κ3) is 4.37. The first-order valence-corrected chi connectivity index (χ1v) is 9.13.